The molecular weight excluding hydrogens is 302 g/mol. The van der Waals surface area contributed by atoms with Gasteiger partial charge >= 0.3 is 0 Å². The lowest BCUT2D eigenvalue weighted by atomic mass is 10.1. The summed E-state index contributed by atoms with van der Waals surface area (Å²) in [5, 5.41) is 2.23. The molecule has 0 aliphatic heterocycles. The Bertz CT molecular complexity index is 734. The number of nitrogen functional groups attached to an aromatic ring is 1. The highest BCUT2D eigenvalue weighted by Gasteiger charge is 2.05. The van der Waals surface area contributed by atoms with E-state index in [0.717, 1.165) is 21.0 Å². The van der Waals surface area contributed by atoms with Gasteiger partial charge in [0.1, 0.15) is 11.5 Å². The van der Waals surface area contributed by atoms with Crippen LogP contribution in [0, 0.1) is 0 Å². The molecule has 3 rings (SSSR count). The van der Waals surface area contributed by atoms with Gasteiger partial charge in [0.2, 0.25) is 0 Å². The van der Waals surface area contributed by atoms with Gasteiger partial charge in [0.25, 0.3) is 0 Å². The van der Waals surface area contributed by atoms with E-state index in [9.17, 15) is 0 Å². The Hall–Kier alpha value is -2.00. The summed E-state index contributed by atoms with van der Waals surface area (Å²) in [6.45, 7) is 0. The SMILES string of the molecule is Nc1cc(Br)ccc1Oc1cccc2ccccc12. The second-order valence-corrected chi connectivity index (χ2v) is 5.18. The normalized spacial score (nSPS) is 10.6. The predicted octanol–water partition coefficient (Wildman–Crippen LogP) is 4.98. The third-order valence-electron chi connectivity index (χ3n) is 2.94. The van der Waals surface area contributed by atoms with E-state index < -0.39 is 0 Å². The zero-order valence-electron chi connectivity index (χ0n) is 10.1. The molecule has 0 atom stereocenters. The van der Waals surface area contributed by atoms with Gasteiger partial charge < -0.3 is 10.5 Å². The molecule has 0 amide bonds. The lowest BCUT2D eigenvalue weighted by molar-refractivity contribution is 0.490. The first-order valence-electron chi connectivity index (χ1n) is 5.95. The molecule has 0 bridgehead atoms. The number of anilines is 1. The first kappa shape index (κ1) is 12.1. The molecule has 0 fully saturated rings. The van der Waals surface area contributed by atoms with E-state index >= 15 is 0 Å². The van der Waals surface area contributed by atoms with Crippen LogP contribution in [0.1, 0.15) is 0 Å². The highest BCUT2D eigenvalue weighted by atomic mass is 79.9. The van der Waals surface area contributed by atoms with E-state index in [4.69, 9.17) is 10.5 Å². The van der Waals surface area contributed by atoms with Crippen molar-refractivity contribution in [3.63, 3.8) is 0 Å². The van der Waals surface area contributed by atoms with Crippen molar-refractivity contribution in [2.24, 2.45) is 0 Å². The molecule has 2 nitrogen and oxygen atoms in total. The molecule has 2 N–H and O–H groups in total. The molecule has 0 saturated heterocycles. The lowest BCUT2D eigenvalue weighted by Crippen LogP contribution is -1.92. The molecule has 0 heterocycles. The maximum Gasteiger partial charge on any atom is 0.150 e. The van der Waals surface area contributed by atoms with Gasteiger partial charge in [-0.1, -0.05) is 52.3 Å². The Morgan fingerprint density at radius 1 is 0.842 bits per heavy atom. The molecule has 0 spiro atoms. The number of fused-ring (bicyclic) bond motifs is 1. The molecule has 94 valence electrons. The summed E-state index contributed by atoms with van der Waals surface area (Å²) in [5.41, 5.74) is 6.57. The summed E-state index contributed by atoms with van der Waals surface area (Å²) in [5.74, 6) is 1.48. The van der Waals surface area contributed by atoms with Crippen molar-refractivity contribution < 1.29 is 4.74 Å². The van der Waals surface area contributed by atoms with Crippen molar-refractivity contribution >= 4 is 32.4 Å². The van der Waals surface area contributed by atoms with Crippen LogP contribution in [0.15, 0.2) is 65.1 Å². The van der Waals surface area contributed by atoms with Crippen LogP contribution in [-0.4, -0.2) is 0 Å². The van der Waals surface area contributed by atoms with Crippen molar-refractivity contribution in [3.05, 3.63) is 65.1 Å². The van der Waals surface area contributed by atoms with Crippen LogP contribution < -0.4 is 10.5 Å². The standard InChI is InChI=1S/C16H12BrNO/c17-12-8-9-16(14(18)10-12)19-15-7-3-5-11-4-1-2-6-13(11)15/h1-10H,18H2. The molecule has 3 aromatic carbocycles. The van der Waals surface area contributed by atoms with Crippen LogP contribution in [0.2, 0.25) is 0 Å². The Labute approximate surface area is 119 Å². The van der Waals surface area contributed by atoms with E-state index in [2.05, 4.69) is 28.1 Å². The van der Waals surface area contributed by atoms with Gasteiger partial charge in [0.15, 0.2) is 0 Å². The Morgan fingerprint density at radius 3 is 2.47 bits per heavy atom. The Balaban J connectivity index is 2.06. The van der Waals surface area contributed by atoms with Crippen molar-refractivity contribution in [1.82, 2.24) is 0 Å². The predicted molar refractivity (Wildman–Crippen MR) is 82.6 cm³/mol. The molecule has 19 heavy (non-hydrogen) atoms. The minimum Gasteiger partial charge on any atom is -0.455 e. The number of benzene rings is 3. The Morgan fingerprint density at radius 2 is 1.63 bits per heavy atom. The highest BCUT2D eigenvalue weighted by molar-refractivity contribution is 9.10. The van der Waals surface area contributed by atoms with Gasteiger partial charge in [-0.2, -0.15) is 0 Å². The van der Waals surface area contributed by atoms with Gasteiger partial charge in [0.05, 0.1) is 5.69 Å². The van der Waals surface area contributed by atoms with Crippen LogP contribution in [0.4, 0.5) is 5.69 Å². The first-order valence-corrected chi connectivity index (χ1v) is 6.74. The monoisotopic (exact) mass is 313 g/mol. The number of ether oxygens (including phenoxy) is 1. The van der Waals surface area contributed by atoms with E-state index in [0.29, 0.717) is 11.4 Å². The van der Waals surface area contributed by atoms with Crippen LogP contribution in [0.25, 0.3) is 10.8 Å². The highest BCUT2D eigenvalue weighted by Crippen LogP contribution is 2.33. The number of hydrogen-bond donors (Lipinski definition) is 1. The summed E-state index contributed by atoms with van der Waals surface area (Å²) in [7, 11) is 0. The summed E-state index contributed by atoms with van der Waals surface area (Å²) in [6, 6.07) is 19.7. The zero-order chi connectivity index (χ0) is 13.2. The van der Waals surface area contributed by atoms with Gasteiger partial charge in [-0.25, -0.2) is 0 Å². The molecule has 3 aromatic rings. The third kappa shape index (κ3) is 2.42. The number of halogens is 1. The molecule has 0 aromatic heterocycles. The fraction of sp³-hybridized carbons (Fsp3) is 0. The average molecular weight is 314 g/mol. The fourth-order valence-corrected chi connectivity index (χ4v) is 2.39. The van der Waals surface area contributed by atoms with E-state index in [-0.39, 0.29) is 0 Å². The van der Waals surface area contributed by atoms with Crippen molar-refractivity contribution in [2.45, 2.75) is 0 Å². The van der Waals surface area contributed by atoms with E-state index in [1.54, 1.807) is 0 Å². The van der Waals surface area contributed by atoms with Crippen molar-refractivity contribution in [2.75, 3.05) is 5.73 Å². The summed E-state index contributed by atoms with van der Waals surface area (Å²) < 4.78 is 6.87. The summed E-state index contributed by atoms with van der Waals surface area (Å²) >= 11 is 3.39. The van der Waals surface area contributed by atoms with Crippen LogP contribution in [0.3, 0.4) is 0 Å². The average Bonchev–Trinajstić information content (AvgIpc) is 2.42. The quantitative estimate of drug-likeness (QED) is 0.677. The van der Waals surface area contributed by atoms with Gasteiger partial charge in [-0.05, 0) is 29.7 Å². The number of hydrogen-bond acceptors (Lipinski definition) is 2. The van der Waals surface area contributed by atoms with E-state index in [1.165, 1.54) is 0 Å². The first-order chi connectivity index (χ1) is 9.24. The molecule has 0 saturated carbocycles. The smallest absolute Gasteiger partial charge is 0.150 e. The van der Waals surface area contributed by atoms with Crippen LogP contribution >= 0.6 is 15.9 Å². The van der Waals surface area contributed by atoms with Crippen molar-refractivity contribution in [1.29, 1.82) is 0 Å². The second-order valence-electron chi connectivity index (χ2n) is 4.26. The van der Waals surface area contributed by atoms with Crippen molar-refractivity contribution in [3.8, 4) is 11.5 Å². The fourth-order valence-electron chi connectivity index (χ4n) is 2.02. The van der Waals surface area contributed by atoms with Crippen LogP contribution in [0.5, 0.6) is 11.5 Å². The van der Waals surface area contributed by atoms with Crippen LogP contribution in [-0.2, 0) is 0 Å². The Kier molecular flexibility index (Phi) is 3.13. The molecular formula is C16H12BrNO. The molecule has 0 unspecified atom stereocenters. The largest absolute Gasteiger partial charge is 0.455 e. The topological polar surface area (TPSA) is 35.2 Å². The van der Waals surface area contributed by atoms with Gasteiger partial charge in [0, 0.05) is 9.86 Å². The molecule has 3 heteroatoms. The maximum atomic E-state index is 5.96. The second kappa shape index (κ2) is 4.94. The minimum atomic E-state index is 0.613. The van der Waals surface area contributed by atoms with Gasteiger partial charge in [-0.15, -0.1) is 0 Å². The minimum absolute atomic E-state index is 0.613. The molecule has 0 aliphatic carbocycles. The zero-order valence-corrected chi connectivity index (χ0v) is 11.7. The summed E-state index contributed by atoms with van der Waals surface area (Å²) in [4.78, 5) is 0. The molecule has 0 aliphatic rings. The number of nitrogens with two attached hydrogens (primary N) is 1. The van der Waals surface area contributed by atoms with Gasteiger partial charge in [-0.3, -0.25) is 0 Å². The molecule has 0 radical (unpaired) electrons. The van der Waals surface area contributed by atoms with E-state index in [1.807, 2.05) is 48.5 Å². The lowest BCUT2D eigenvalue weighted by Gasteiger charge is -2.11. The third-order valence-corrected chi connectivity index (χ3v) is 3.43. The maximum absolute atomic E-state index is 5.96. The number of rotatable bonds is 2. The summed E-state index contributed by atoms with van der Waals surface area (Å²) in [6.07, 6.45) is 0.